The summed E-state index contributed by atoms with van der Waals surface area (Å²) in [7, 11) is 0. The van der Waals surface area contributed by atoms with Gasteiger partial charge in [0, 0.05) is 6.54 Å². The maximum atomic E-state index is 12.9. The molecule has 0 saturated carbocycles. The van der Waals surface area contributed by atoms with Crippen molar-refractivity contribution < 1.29 is 68.7 Å². The van der Waals surface area contributed by atoms with E-state index in [1.165, 1.54) is 13.8 Å². The first kappa shape index (κ1) is 44.1. The second kappa shape index (κ2) is 20.6. The number of aliphatic hydroxyl groups is 4. The number of amides is 8. The fourth-order valence-electron chi connectivity index (χ4n) is 4.64. The Kier molecular flexibility index (Phi) is 17.8. The zero-order valence-electron chi connectivity index (χ0n) is 28.2. The van der Waals surface area contributed by atoms with Crippen LogP contribution in [0.4, 0.5) is 0 Å². The van der Waals surface area contributed by atoms with E-state index in [9.17, 15) is 68.7 Å². The largest absolute Gasteiger partial charge is 0.480 e. The second-order valence-electron chi connectivity index (χ2n) is 11.8. The Morgan fingerprint density at radius 1 is 0.725 bits per heavy atom. The number of hydrogen-bond donors (Lipinski definition) is 13. The lowest BCUT2D eigenvalue weighted by Gasteiger charge is -2.28. The quantitative estimate of drug-likeness (QED) is 0.0552. The summed E-state index contributed by atoms with van der Waals surface area (Å²) in [6.07, 6.45) is -4.53. The first-order valence-corrected chi connectivity index (χ1v) is 15.7. The van der Waals surface area contributed by atoms with E-state index in [1.54, 1.807) is 0 Å². The van der Waals surface area contributed by atoms with Gasteiger partial charge < -0.3 is 73.8 Å². The molecule has 1 rings (SSSR count). The molecule has 0 aromatic carbocycles. The highest BCUT2D eigenvalue weighted by atomic mass is 16.4. The number of carbonyl (C=O) groups excluding carboxylic acids is 8. The Hall–Kier alpha value is -4.97. The van der Waals surface area contributed by atoms with Crippen LogP contribution in [0.5, 0.6) is 0 Å². The van der Waals surface area contributed by atoms with Gasteiger partial charge in [0.25, 0.3) is 0 Å². The molecule has 0 bridgehead atoms. The van der Waals surface area contributed by atoms with Gasteiger partial charge in [0.2, 0.25) is 47.3 Å². The van der Waals surface area contributed by atoms with Gasteiger partial charge >= 0.3 is 5.97 Å². The molecule has 0 aliphatic carbocycles. The minimum Gasteiger partial charge on any atom is -0.480 e. The maximum absolute atomic E-state index is 12.9. The van der Waals surface area contributed by atoms with Crippen molar-refractivity contribution in [2.45, 2.75) is 94.6 Å². The Bertz CT molecular complexity index is 1310. The number of nitrogens with zero attached hydrogens (tertiary/aromatic N) is 1. The number of carbonyl (C=O) groups is 9. The summed E-state index contributed by atoms with van der Waals surface area (Å²) in [5.41, 5.74) is 10.6. The third-order valence-electron chi connectivity index (χ3n) is 7.49. The molecule has 1 aliphatic heterocycles. The first-order valence-electron chi connectivity index (χ1n) is 15.7. The average molecular weight is 734 g/mol. The van der Waals surface area contributed by atoms with E-state index in [4.69, 9.17) is 11.5 Å². The van der Waals surface area contributed by atoms with Crippen molar-refractivity contribution >= 4 is 53.2 Å². The Morgan fingerprint density at radius 3 is 1.76 bits per heavy atom. The number of primary amides is 1. The summed E-state index contributed by atoms with van der Waals surface area (Å²) in [5.74, 6) is -9.55. The predicted molar refractivity (Wildman–Crippen MR) is 170 cm³/mol. The van der Waals surface area contributed by atoms with Gasteiger partial charge in [0.05, 0.1) is 44.4 Å². The standard InChI is InChI=1S/C28H47N9O14/c1-11(39)20(30)25(47)34-14(7-17(29)42)24(46)36-21(12(2)40)26(48)32-8-18(43)33-15(10-38)23(45)31-9-19(44)35-22(13(3)41)27(49)37-6-4-5-16(37)28(50)51/h11-16,20-22,38-41H,4-10,30H2,1-3H3,(H2,29,42)(H,31,45)(H,32,48)(H,33,43)(H,34,47)(H,35,44)(H,36,46)(H,50,51)/t11-,12-,13-,14+,15+,16+,20+,21+,22+/m1/s1. The molecule has 0 aromatic heterocycles. The molecule has 9 atom stereocenters. The number of hydrogen-bond acceptors (Lipinski definition) is 14. The molecule has 1 aliphatic rings. The van der Waals surface area contributed by atoms with Gasteiger partial charge in [0.15, 0.2) is 0 Å². The summed E-state index contributed by atoms with van der Waals surface area (Å²) in [6, 6.07) is -9.24. The van der Waals surface area contributed by atoms with Crippen LogP contribution in [0, 0.1) is 0 Å². The summed E-state index contributed by atoms with van der Waals surface area (Å²) >= 11 is 0. The highest BCUT2D eigenvalue weighted by Crippen LogP contribution is 2.19. The third-order valence-corrected chi connectivity index (χ3v) is 7.49. The van der Waals surface area contributed by atoms with Crippen LogP contribution in [0.3, 0.4) is 0 Å². The van der Waals surface area contributed by atoms with E-state index in [2.05, 4.69) is 31.9 Å². The van der Waals surface area contributed by atoms with Crippen LogP contribution in [-0.4, -0.2) is 164 Å². The molecule has 0 aromatic rings. The zero-order chi connectivity index (χ0) is 39.2. The maximum Gasteiger partial charge on any atom is 0.326 e. The van der Waals surface area contributed by atoms with Gasteiger partial charge in [-0.25, -0.2) is 4.79 Å². The number of carboxylic acid groups (broad SMARTS) is 1. The number of aliphatic hydroxyl groups excluding tert-OH is 4. The van der Waals surface area contributed by atoms with Crippen LogP contribution in [0.25, 0.3) is 0 Å². The lowest BCUT2D eigenvalue weighted by Crippen LogP contribution is -2.60. The summed E-state index contributed by atoms with van der Waals surface area (Å²) < 4.78 is 0. The van der Waals surface area contributed by atoms with Crippen LogP contribution in [-0.2, 0) is 43.2 Å². The zero-order valence-corrected chi connectivity index (χ0v) is 28.2. The average Bonchev–Trinajstić information content (AvgIpc) is 3.55. The molecule has 1 fully saturated rings. The molecule has 23 nitrogen and oxygen atoms in total. The van der Waals surface area contributed by atoms with Crippen molar-refractivity contribution in [1.29, 1.82) is 0 Å². The molecule has 1 heterocycles. The molecule has 1 saturated heterocycles. The summed E-state index contributed by atoms with van der Waals surface area (Å²) in [6.45, 7) is 0.942. The van der Waals surface area contributed by atoms with Crippen LogP contribution < -0.4 is 43.4 Å². The fourth-order valence-corrected chi connectivity index (χ4v) is 4.64. The van der Waals surface area contributed by atoms with Crippen molar-refractivity contribution in [2.75, 3.05) is 26.2 Å². The van der Waals surface area contributed by atoms with E-state index in [0.717, 1.165) is 11.8 Å². The number of carboxylic acids is 1. The molecule has 15 N–H and O–H groups in total. The monoisotopic (exact) mass is 733 g/mol. The Labute approximate surface area is 291 Å². The molecular weight excluding hydrogens is 686 g/mol. The Morgan fingerprint density at radius 2 is 1.27 bits per heavy atom. The Balaban J connectivity index is 2.76. The van der Waals surface area contributed by atoms with Gasteiger partial charge in [-0.2, -0.15) is 0 Å². The predicted octanol–water partition coefficient (Wildman–Crippen LogP) is -8.43. The summed E-state index contributed by atoms with van der Waals surface area (Å²) in [4.78, 5) is 112. The molecule has 0 unspecified atom stereocenters. The van der Waals surface area contributed by atoms with E-state index in [-0.39, 0.29) is 13.0 Å². The van der Waals surface area contributed by atoms with E-state index < -0.39 is 134 Å². The van der Waals surface area contributed by atoms with Crippen molar-refractivity contribution in [3.05, 3.63) is 0 Å². The highest BCUT2D eigenvalue weighted by Gasteiger charge is 2.39. The number of nitrogens with one attached hydrogen (secondary N) is 6. The number of rotatable bonds is 20. The molecular formula is C28H47N9O14. The van der Waals surface area contributed by atoms with Crippen molar-refractivity contribution in [3.8, 4) is 0 Å². The molecule has 0 radical (unpaired) electrons. The molecule has 8 amide bonds. The van der Waals surface area contributed by atoms with Crippen LogP contribution in [0.2, 0.25) is 0 Å². The van der Waals surface area contributed by atoms with Crippen molar-refractivity contribution in [3.63, 3.8) is 0 Å². The van der Waals surface area contributed by atoms with E-state index in [1.807, 2.05) is 0 Å². The van der Waals surface area contributed by atoms with E-state index in [0.29, 0.717) is 6.42 Å². The van der Waals surface area contributed by atoms with Crippen LogP contribution >= 0.6 is 0 Å². The summed E-state index contributed by atoms with van der Waals surface area (Å²) in [5, 5.41) is 61.3. The van der Waals surface area contributed by atoms with Gasteiger partial charge in [-0.1, -0.05) is 0 Å². The van der Waals surface area contributed by atoms with Gasteiger partial charge in [-0.15, -0.1) is 0 Å². The third kappa shape index (κ3) is 14.1. The molecule has 288 valence electrons. The second-order valence-corrected chi connectivity index (χ2v) is 11.8. The number of aliphatic carboxylic acids is 1. The minimum absolute atomic E-state index is 0.0937. The van der Waals surface area contributed by atoms with Crippen LogP contribution in [0.15, 0.2) is 0 Å². The van der Waals surface area contributed by atoms with Gasteiger partial charge in [0.1, 0.15) is 36.3 Å². The van der Waals surface area contributed by atoms with E-state index >= 15 is 0 Å². The number of nitrogens with two attached hydrogens (primary N) is 2. The lowest BCUT2D eigenvalue weighted by atomic mass is 10.1. The first-order chi connectivity index (χ1) is 23.7. The van der Waals surface area contributed by atoms with Gasteiger partial charge in [-0.05, 0) is 33.6 Å². The topological polar surface area (TPSA) is 382 Å². The smallest absolute Gasteiger partial charge is 0.326 e. The van der Waals surface area contributed by atoms with Crippen molar-refractivity contribution in [2.24, 2.45) is 11.5 Å². The molecule has 0 spiro atoms. The SMILES string of the molecule is C[C@@H](O)[C@H](N)C(=O)N[C@@H](CC(N)=O)C(=O)N[C@H](C(=O)NCC(=O)N[C@@H](CO)C(=O)NCC(=O)N[C@H](C(=O)N1CCC[C@H]1C(=O)O)[C@@H](C)O)[C@@H](C)O. The fraction of sp³-hybridized carbons (Fsp3) is 0.679. The molecule has 23 heteroatoms. The highest BCUT2D eigenvalue weighted by molar-refractivity contribution is 5.97. The normalized spacial score (nSPS) is 18.7. The van der Waals surface area contributed by atoms with Crippen molar-refractivity contribution in [1.82, 2.24) is 36.8 Å². The minimum atomic E-state index is -1.75. The number of likely N-dealkylation sites (tertiary alicyclic amines) is 1. The van der Waals surface area contributed by atoms with Gasteiger partial charge in [-0.3, -0.25) is 38.4 Å². The lowest BCUT2D eigenvalue weighted by molar-refractivity contribution is -0.150. The molecule has 51 heavy (non-hydrogen) atoms. The van der Waals surface area contributed by atoms with Crippen LogP contribution in [0.1, 0.15) is 40.0 Å².